The van der Waals surface area contributed by atoms with E-state index in [1.807, 2.05) is 6.07 Å². The van der Waals surface area contributed by atoms with Crippen molar-refractivity contribution in [3.05, 3.63) is 32.7 Å². The molecule has 3 N–H and O–H groups in total. The summed E-state index contributed by atoms with van der Waals surface area (Å²) in [5.74, 6) is 0.0759. The van der Waals surface area contributed by atoms with Gasteiger partial charge in [-0.05, 0) is 18.2 Å². The van der Waals surface area contributed by atoms with Crippen LogP contribution in [-0.2, 0) is 0 Å². The molecule has 0 fully saturated rings. The first-order valence-electron chi connectivity index (χ1n) is 2.90. The van der Waals surface area contributed by atoms with E-state index in [-0.39, 0.29) is 5.84 Å². The predicted octanol–water partition coefficient (Wildman–Crippen LogP) is 2.50. The molecule has 4 heteroatoms. The SMILES string of the molecule is N=C(N)c1cc(Br)cc(Br)c1. The number of rotatable bonds is 1. The summed E-state index contributed by atoms with van der Waals surface area (Å²) in [6.45, 7) is 0. The molecule has 0 aliphatic heterocycles. The van der Waals surface area contributed by atoms with E-state index in [9.17, 15) is 0 Å². The number of amidine groups is 1. The average Bonchev–Trinajstić information content (AvgIpc) is 1.85. The molecule has 0 saturated heterocycles. The van der Waals surface area contributed by atoms with E-state index in [1.54, 1.807) is 12.1 Å². The lowest BCUT2D eigenvalue weighted by Gasteiger charge is -1.99. The highest BCUT2D eigenvalue weighted by molar-refractivity contribution is 9.11. The molecule has 0 bridgehead atoms. The minimum atomic E-state index is 0.0759. The van der Waals surface area contributed by atoms with Crippen molar-refractivity contribution in [3.8, 4) is 0 Å². The molecule has 11 heavy (non-hydrogen) atoms. The summed E-state index contributed by atoms with van der Waals surface area (Å²) in [7, 11) is 0. The maximum Gasteiger partial charge on any atom is 0.122 e. The molecule has 1 aromatic carbocycles. The minimum absolute atomic E-state index is 0.0759. The first-order chi connectivity index (χ1) is 5.09. The maximum atomic E-state index is 7.16. The van der Waals surface area contributed by atoms with Crippen molar-refractivity contribution in [1.82, 2.24) is 0 Å². The van der Waals surface area contributed by atoms with Crippen LogP contribution in [0, 0.1) is 5.41 Å². The average molecular weight is 278 g/mol. The van der Waals surface area contributed by atoms with Crippen molar-refractivity contribution in [1.29, 1.82) is 5.41 Å². The number of nitrogens with two attached hydrogens (primary N) is 1. The Hall–Kier alpha value is -0.350. The van der Waals surface area contributed by atoms with Crippen molar-refractivity contribution in [2.45, 2.75) is 0 Å². The van der Waals surface area contributed by atoms with E-state index < -0.39 is 0 Å². The Morgan fingerprint density at radius 1 is 1.18 bits per heavy atom. The Kier molecular flexibility index (Phi) is 2.67. The Bertz CT molecular complexity index is 276. The first-order valence-corrected chi connectivity index (χ1v) is 4.48. The van der Waals surface area contributed by atoms with E-state index in [2.05, 4.69) is 31.9 Å². The van der Waals surface area contributed by atoms with E-state index >= 15 is 0 Å². The molecule has 0 aliphatic rings. The molecule has 0 aromatic heterocycles. The second-order valence-electron chi connectivity index (χ2n) is 2.07. The number of nitrogens with one attached hydrogen (secondary N) is 1. The lowest BCUT2D eigenvalue weighted by molar-refractivity contribution is 1.41. The number of hydrogen-bond donors (Lipinski definition) is 2. The van der Waals surface area contributed by atoms with Crippen LogP contribution in [0.15, 0.2) is 27.1 Å². The van der Waals surface area contributed by atoms with Gasteiger partial charge in [-0.2, -0.15) is 0 Å². The molecule has 0 spiro atoms. The lowest BCUT2D eigenvalue weighted by Crippen LogP contribution is -2.10. The number of hydrogen-bond acceptors (Lipinski definition) is 1. The smallest absolute Gasteiger partial charge is 0.122 e. The molecule has 1 aromatic rings. The van der Waals surface area contributed by atoms with Gasteiger partial charge in [0.15, 0.2) is 0 Å². The van der Waals surface area contributed by atoms with Gasteiger partial charge >= 0.3 is 0 Å². The molecular formula is C7H6Br2N2. The maximum absolute atomic E-state index is 7.16. The van der Waals surface area contributed by atoms with Gasteiger partial charge < -0.3 is 5.73 Å². The van der Waals surface area contributed by atoms with E-state index in [1.165, 1.54) is 0 Å². The molecule has 0 aliphatic carbocycles. The van der Waals surface area contributed by atoms with Gasteiger partial charge in [-0.25, -0.2) is 0 Å². The Morgan fingerprint density at radius 3 is 2.00 bits per heavy atom. The van der Waals surface area contributed by atoms with Gasteiger partial charge in [0.05, 0.1) is 0 Å². The van der Waals surface area contributed by atoms with Crippen LogP contribution in [0.4, 0.5) is 0 Å². The van der Waals surface area contributed by atoms with Crippen LogP contribution >= 0.6 is 31.9 Å². The first kappa shape index (κ1) is 8.74. The molecule has 2 nitrogen and oxygen atoms in total. The van der Waals surface area contributed by atoms with Crippen LogP contribution in [-0.4, -0.2) is 5.84 Å². The molecular weight excluding hydrogens is 272 g/mol. The molecule has 0 amide bonds. The molecule has 58 valence electrons. The molecule has 0 unspecified atom stereocenters. The highest BCUT2D eigenvalue weighted by atomic mass is 79.9. The number of halogens is 2. The van der Waals surface area contributed by atoms with Gasteiger partial charge in [-0.15, -0.1) is 0 Å². The zero-order chi connectivity index (χ0) is 8.43. The highest BCUT2D eigenvalue weighted by Gasteiger charge is 1.98. The van der Waals surface area contributed by atoms with Crippen LogP contribution in [0.25, 0.3) is 0 Å². The Balaban J connectivity index is 3.19. The van der Waals surface area contributed by atoms with Crippen molar-refractivity contribution in [2.75, 3.05) is 0 Å². The Labute approximate surface area is 81.6 Å². The normalized spacial score (nSPS) is 9.64. The van der Waals surface area contributed by atoms with Gasteiger partial charge in [0.25, 0.3) is 0 Å². The molecule has 0 radical (unpaired) electrons. The topological polar surface area (TPSA) is 49.9 Å². The summed E-state index contributed by atoms with van der Waals surface area (Å²) < 4.78 is 1.83. The molecule has 0 atom stereocenters. The zero-order valence-corrected chi connectivity index (χ0v) is 8.74. The fraction of sp³-hybridized carbons (Fsp3) is 0. The van der Waals surface area contributed by atoms with Crippen LogP contribution in [0.3, 0.4) is 0 Å². The van der Waals surface area contributed by atoms with Crippen molar-refractivity contribution in [3.63, 3.8) is 0 Å². The third-order valence-corrected chi connectivity index (χ3v) is 2.09. The standard InChI is InChI=1S/C7H6Br2N2/c8-5-1-4(7(10)11)2-6(9)3-5/h1-3H,(H3,10,11). The minimum Gasteiger partial charge on any atom is -0.384 e. The fourth-order valence-corrected chi connectivity index (χ4v) is 2.00. The van der Waals surface area contributed by atoms with Gasteiger partial charge in [-0.3, -0.25) is 5.41 Å². The largest absolute Gasteiger partial charge is 0.384 e. The van der Waals surface area contributed by atoms with Crippen LogP contribution in [0.5, 0.6) is 0 Å². The van der Waals surface area contributed by atoms with Gasteiger partial charge in [-0.1, -0.05) is 31.9 Å². The zero-order valence-electron chi connectivity index (χ0n) is 5.57. The number of nitrogen functional groups attached to an aromatic ring is 1. The predicted molar refractivity (Wildman–Crippen MR) is 52.9 cm³/mol. The highest BCUT2D eigenvalue weighted by Crippen LogP contribution is 2.19. The molecule has 0 saturated carbocycles. The van der Waals surface area contributed by atoms with Gasteiger partial charge in [0, 0.05) is 14.5 Å². The lowest BCUT2D eigenvalue weighted by atomic mass is 10.2. The third-order valence-electron chi connectivity index (χ3n) is 1.17. The van der Waals surface area contributed by atoms with Gasteiger partial charge in [0.2, 0.25) is 0 Å². The summed E-state index contributed by atoms with van der Waals surface area (Å²) in [6, 6.07) is 5.49. The van der Waals surface area contributed by atoms with E-state index in [0.29, 0.717) is 5.56 Å². The van der Waals surface area contributed by atoms with Crippen LogP contribution in [0.1, 0.15) is 5.56 Å². The monoisotopic (exact) mass is 276 g/mol. The second-order valence-corrected chi connectivity index (χ2v) is 3.90. The molecule has 0 heterocycles. The van der Waals surface area contributed by atoms with Crippen molar-refractivity contribution in [2.24, 2.45) is 5.73 Å². The summed E-state index contributed by atoms with van der Waals surface area (Å²) in [5, 5.41) is 7.16. The van der Waals surface area contributed by atoms with E-state index in [0.717, 1.165) is 8.95 Å². The van der Waals surface area contributed by atoms with Crippen molar-refractivity contribution >= 4 is 37.7 Å². The van der Waals surface area contributed by atoms with E-state index in [4.69, 9.17) is 11.1 Å². The Morgan fingerprint density at radius 2 is 1.64 bits per heavy atom. The summed E-state index contributed by atoms with van der Waals surface area (Å²) in [4.78, 5) is 0. The van der Waals surface area contributed by atoms with Crippen LogP contribution in [0.2, 0.25) is 0 Å². The van der Waals surface area contributed by atoms with Gasteiger partial charge in [0.1, 0.15) is 5.84 Å². The number of benzene rings is 1. The quantitative estimate of drug-likeness (QED) is 0.601. The van der Waals surface area contributed by atoms with Crippen molar-refractivity contribution < 1.29 is 0 Å². The second kappa shape index (κ2) is 3.36. The summed E-state index contributed by atoms with van der Waals surface area (Å²) in [5.41, 5.74) is 6.01. The summed E-state index contributed by atoms with van der Waals surface area (Å²) in [6.07, 6.45) is 0. The molecule has 1 rings (SSSR count). The fourth-order valence-electron chi connectivity index (χ4n) is 0.709. The third kappa shape index (κ3) is 2.31. The van der Waals surface area contributed by atoms with Crippen LogP contribution < -0.4 is 5.73 Å². The summed E-state index contributed by atoms with van der Waals surface area (Å²) >= 11 is 6.60.